The van der Waals surface area contributed by atoms with Crippen LogP contribution in [0.15, 0.2) is 5.38 Å². The first kappa shape index (κ1) is 13.5. The molecule has 1 aliphatic rings. The Balaban J connectivity index is 2.03. The average molecular weight is 262 g/mol. The molecule has 3 heteroatoms. The molecule has 1 aliphatic carbocycles. The van der Waals surface area contributed by atoms with Gasteiger partial charge in [-0.2, -0.15) is 5.26 Å². The van der Waals surface area contributed by atoms with Gasteiger partial charge in [-0.1, -0.05) is 13.8 Å². The lowest BCUT2D eigenvalue weighted by Crippen LogP contribution is -2.30. The van der Waals surface area contributed by atoms with Gasteiger partial charge in [0.2, 0.25) is 0 Å². The first-order chi connectivity index (χ1) is 8.54. The average Bonchev–Trinajstić information content (AvgIpc) is 2.75. The smallest absolute Gasteiger partial charge is 0.0944 e. The predicted molar refractivity (Wildman–Crippen MR) is 75.4 cm³/mol. The summed E-state index contributed by atoms with van der Waals surface area (Å²) < 4.78 is 0. The van der Waals surface area contributed by atoms with Gasteiger partial charge in [0, 0.05) is 17.5 Å². The molecule has 98 valence electrons. The van der Waals surface area contributed by atoms with E-state index in [1.807, 2.05) is 6.92 Å². The Hall–Kier alpha value is -0.880. The summed E-state index contributed by atoms with van der Waals surface area (Å²) in [4.78, 5) is 4.52. The quantitative estimate of drug-likeness (QED) is 0.812. The van der Waals surface area contributed by atoms with Crippen LogP contribution in [0.25, 0.3) is 0 Å². The number of aryl methyl sites for hydroxylation is 1. The van der Waals surface area contributed by atoms with Gasteiger partial charge in [0.15, 0.2) is 0 Å². The highest BCUT2D eigenvalue weighted by atomic mass is 32.1. The second-order valence-electron chi connectivity index (χ2n) is 6.03. The standard InChI is InChI=1S/C15H22N2S/c1-11(2)13-4-6-15(10-16,7-5-13)8-14-17-12(3)9-18-14/h9,11,13H,4-8H2,1-3H3. The molecular formula is C15H22N2S. The molecule has 0 amide bonds. The molecule has 1 aromatic heterocycles. The lowest BCUT2D eigenvalue weighted by molar-refractivity contribution is 0.175. The molecule has 0 aromatic carbocycles. The van der Waals surface area contributed by atoms with Crippen molar-refractivity contribution in [2.24, 2.45) is 17.3 Å². The molecule has 1 aromatic rings. The van der Waals surface area contributed by atoms with Crippen LogP contribution in [0.5, 0.6) is 0 Å². The Labute approximate surface area is 114 Å². The molecular weight excluding hydrogens is 240 g/mol. The molecule has 18 heavy (non-hydrogen) atoms. The number of hydrogen-bond donors (Lipinski definition) is 0. The summed E-state index contributed by atoms with van der Waals surface area (Å²) in [6, 6.07) is 2.60. The molecule has 2 nitrogen and oxygen atoms in total. The Morgan fingerprint density at radius 1 is 1.50 bits per heavy atom. The van der Waals surface area contributed by atoms with E-state index < -0.39 is 0 Å². The molecule has 1 fully saturated rings. The van der Waals surface area contributed by atoms with E-state index in [0.717, 1.165) is 41.8 Å². The van der Waals surface area contributed by atoms with Crippen molar-refractivity contribution in [2.75, 3.05) is 0 Å². The van der Waals surface area contributed by atoms with Crippen molar-refractivity contribution < 1.29 is 0 Å². The highest BCUT2D eigenvalue weighted by Crippen LogP contribution is 2.43. The maximum Gasteiger partial charge on any atom is 0.0944 e. The summed E-state index contributed by atoms with van der Waals surface area (Å²) in [5, 5.41) is 12.8. The minimum Gasteiger partial charge on any atom is -0.247 e. The van der Waals surface area contributed by atoms with E-state index >= 15 is 0 Å². The van der Waals surface area contributed by atoms with Crippen LogP contribution in [-0.2, 0) is 6.42 Å². The summed E-state index contributed by atoms with van der Waals surface area (Å²) in [7, 11) is 0. The summed E-state index contributed by atoms with van der Waals surface area (Å²) in [6.45, 7) is 6.62. The van der Waals surface area contributed by atoms with Gasteiger partial charge in [-0.3, -0.25) is 0 Å². The Morgan fingerprint density at radius 2 is 2.17 bits per heavy atom. The van der Waals surface area contributed by atoms with Crippen molar-refractivity contribution in [1.29, 1.82) is 5.26 Å². The van der Waals surface area contributed by atoms with Crippen LogP contribution >= 0.6 is 11.3 Å². The zero-order valence-electron chi connectivity index (χ0n) is 11.6. The largest absolute Gasteiger partial charge is 0.247 e. The molecule has 0 bridgehead atoms. The Morgan fingerprint density at radius 3 is 2.61 bits per heavy atom. The maximum atomic E-state index is 9.56. The third-order valence-corrected chi connectivity index (χ3v) is 5.29. The van der Waals surface area contributed by atoms with Gasteiger partial charge in [0.25, 0.3) is 0 Å². The van der Waals surface area contributed by atoms with Crippen molar-refractivity contribution >= 4 is 11.3 Å². The van der Waals surface area contributed by atoms with Crippen molar-refractivity contribution in [1.82, 2.24) is 4.98 Å². The highest BCUT2D eigenvalue weighted by Gasteiger charge is 2.37. The summed E-state index contributed by atoms with van der Waals surface area (Å²) in [6.07, 6.45) is 5.36. The van der Waals surface area contributed by atoms with Gasteiger partial charge in [0.05, 0.1) is 16.5 Å². The number of hydrogen-bond acceptors (Lipinski definition) is 3. The normalized spacial score (nSPS) is 28.3. The van der Waals surface area contributed by atoms with E-state index in [1.165, 1.54) is 12.8 Å². The van der Waals surface area contributed by atoms with E-state index in [4.69, 9.17) is 0 Å². The van der Waals surface area contributed by atoms with Gasteiger partial charge < -0.3 is 0 Å². The number of thiazole rings is 1. The van der Waals surface area contributed by atoms with Crippen LogP contribution in [0, 0.1) is 35.5 Å². The second-order valence-corrected chi connectivity index (χ2v) is 6.98. The molecule has 0 saturated heterocycles. The Bertz CT molecular complexity index is 434. The van der Waals surface area contributed by atoms with Crippen LogP contribution in [0.3, 0.4) is 0 Å². The van der Waals surface area contributed by atoms with E-state index in [2.05, 4.69) is 30.3 Å². The molecule has 0 aliphatic heterocycles. The zero-order valence-corrected chi connectivity index (χ0v) is 12.4. The molecule has 1 heterocycles. The Kier molecular flexibility index (Phi) is 4.07. The van der Waals surface area contributed by atoms with Gasteiger partial charge in [-0.05, 0) is 44.4 Å². The number of aromatic nitrogens is 1. The fourth-order valence-electron chi connectivity index (χ4n) is 2.96. The van der Waals surface area contributed by atoms with Crippen molar-refractivity contribution in [2.45, 2.75) is 52.9 Å². The van der Waals surface area contributed by atoms with Crippen LogP contribution in [0.2, 0.25) is 0 Å². The fraction of sp³-hybridized carbons (Fsp3) is 0.733. The lowest BCUT2D eigenvalue weighted by atomic mass is 9.67. The summed E-state index contributed by atoms with van der Waals surface area (Å²) in [5.74, 6) is 1.56. The number of nitriles is 1. The first-order valence-corrected chi connectivity index (χ1v) is 7.75. The van der Waals surface area contributed by atoms with Gasteiger partial charge in [-0.15, -0.1) is 11.3 Å². The third kappa shape index (κ3) is 2.92. The number of rotatable bonds is 3. The van der Waals surface area contributed by atoms with Crippen LogP contribution in [-0.4, -0.2) is 4.98 Å². The van der Waals surface area contributed by atoms with Gasteiger partial charge in [-0.25, -0.2) is 4.98 Å². The van der Waals surface area contributed by atoms with Gasteiger partial charge in [0.1, 0.15) is 0 Å². The molecule has 0 atom stereocenters. The van der Waals surface area contributed by atoms with Crippen LogP contribution in [0.1, 0.15) is 50.2 Å². The first-order valence-electron chi connectivity index (χ1n) is 6.87. The van der Waals surface area contributed by atoms with E-state index in [9.17, 15) is 5.26 Å². The predicted octanol–water partition coefficient (Wildman–Crippen LogP) is 4.35. The molecule has 0 spiro atoms. The van der Waals surface area contributed by atoms with Gasteiger partial charge >= 0.3 is 0 Å². The van der Waals surface area contributed by atoms with E-state index in [-0.39, 0.29) is 5.41 Å². The van der Waals surface area contributed by atoms with Crippen LogP contribution in [0.4, 0.5) is 0 Å². The second kappa shape index (κ2) is 5.40. The highest BCUT2D eigenvalue weighted by molar-refractivity contribution is 7.09. The minimum atomic E-state index is -0.143. The third-order valence-electron chi connectivity index (χ3n) is 4.32. The molecule has 0 radical (unpaired) electrons. The van der Waals surface area contributed by atoms with Crippen LogP contribution < -0.4 is 0 Å². The SMILES string of the molecule is Cc1csc(CC2(C#N)CCC(C(C)C)CC2)n1. The molecule has 2 rings (SSSR count). The zero-order chi connectivity index (χ0) is 13.2. The van der Waals surface area contributed by atoms with E-state index in [1.54, 1.807) is 11.3 Å². The molecule has 1 saturated carbocycles. The van der Waals surface area contributed by atoms with E-state index in [0.29, 0.717) is 0 Å². The van der Waals surface area contributed by atoms with Crippen molar-refractivity contribution in [3.63, 3.8) is 0 Å². The maximum absolute atomic E-state index is 9.56. The van der Waals surface area contributed by atoms with Crippen molar-refractivity contribution in [3.05, 3.63) is 16.1 Å². The molecule has 0 N–H and O–H groups in total. The summed E-state index contributed by atoms with van der Waals surface area (Å²) >= 11 is 1.70. The molecule has 0 unspecified atom stereocenters. The summed E-state index contributed by atoms with van der Waals surface area (Å²) in [5.41, 5.74) is 0.939. The lowest BCUT2D eigenvalue weighted by Gasteiger charge is -2.36. The van der Waals surface area contributed by atoms with Crippen molar-refractivity contribution in [3.8, 4) is 6.07 Å². The minimum absolute atomic E-state index is 0.143. The number of nitrogens with zero attached hydrogens (tertiary/aromatic N) is 2. The monoisotopic (exact) mass is 262 g/mol. The topological polar surface area (TPSA) is 36.7 Å². The fourth-order valence-corrected chi connectivity index (χ4v) is 3.88.